The van der Waals surface area contributed by atoms with Crippen LogP contribution in [0.1, 0.15) is 6.42 Å². The Balaban J connectivity index is 2.11. The Bertz CT molecular complexity index is 345. The molecule has 1 aromatic carbocycles. The van der Waals surface area contributed by atoms with Gasteiger partial charge < -0.3 is 14.8 Å². The van der Waals surface area contributed by atoms with Gasteiger partial charge in [-0.2, -0.15) is 0 Å². The van der Waals surface area contributed by atoms with E-state index >= 15 is 0 Å². The van der Waals surface area contributed by atoms with Gasteiger partial charge in [-0.05, 0) is 18.6 Å². The fourth-order valence-electron chi connectivity index (χ4n) is 1.35. The van der Waals surface area contributed by atoms with Gasteiger partial charge in [-0.3, -0.25) is 4.79 Å². The fourth-order valence-corrected chi connectivity index (χ4v) is 1.58. The third kappa shape index (κ3) is 6.47. The summed E-state index contributed by atoms with van der Waals surface area (Å²) in [4.78, 5) is 11.4. The molecule has 18 heavy (non-hydrogen) atoms. The summed E-state index contributed by atoms with van der Waals surface area (Å²) in [6.07, 6.45) is 0.673. The van der Waals surface area contributed by atoms with Crippen molar-refractivity contribution in [2.24, 2.45) is 0 Å². The van der Waals surface area contributed by atoms with Crippen LogP contribution in [-0.2, 0) is 9.53 Å². The minimum absolute atomic E-state index is 0.0151. The first-order valence-corrected chi connectivity index (χ1v) is 6.23. The Kier molecular flexibility index (Phi) is 7.22. The van der Waals surface area contributed by atoms with Crippen LogP contribution in [0.3, 0.4) is 0 Å². The lowest BCUT2D eigenvalue weighted by Gasteiger charge is -2.10. The van der Waals surface area contributed by atoms with E-state index in [2.05, 4.69) is 5.32 Å². The number of para-hydroxylation sites is 1. The number of carbonyl (C=O) groups is 1. The minimum atomic E-state index is -0.153. The highest BCUT2D eigenvalue weighted by Crippen LogP contribution is 2.07. The number of halogens is 1. The molecule has 1 unspecified atom stereocenters. The zero-order chi connectivity index (χ0) is 13.2. The molecule has 1 atom stereocenters. The largest absolute Gasteiger partial charge is 0.484 e. The van der Waals surface area contributed by atoms with Crippen molar-refractivity contribution in [2.45, 2.75) is 11.8 Å². The normalized spacial score (nSPS) is 11.9. The van der Waals surface area contributed by atoms with Gasteiger partial charge in [-0.25, -0.2) is 0 Å². The summed E-state index contributed by atoms with van der Waals surface area (Å²) >= 11 is 5.93. The van der Waals surface area contributed by atoms with Crippen molar-refractivity contribution in [1.29, 1.82) is 0 Å². The minimum Gasteiger partial charge on any atom is -0.484 e. The van der Waals surface area contributed by atoms with Crippen LogP contribution in [0.25, 0.3) is 0 Å². The Morgan fingerprint density at radius 3 is 2.78 bits per heavy atom. The first kappa shape index (κ1) is 14.8. The number of hydrogen-bond acceptors (Lipinski definition) is 3. The van der Waals surface area contributed by atoms with Crippen molar-refractivity contribution >= 4 is 17.5 Å². The summed E-state index contributed by atoms with van der Waals surface area (Å²) in [5.74, 6) is 0.530. The van der Waals surface area contributed by atoms with Crippen LogP contribution in [0.4, 0.5) is 0 Å². The molecular weight excluding hydrogens is 254 g/mol. The number of carbonyl (C=O) groups excluding carboxylic acids is 1. The van der Waals surface area contributed by atoms with Gasteiger partial charge in [-0.1, -0.05) is 18.2 Å². The molecule has 0 spiro atoms. The van der Waals surface area contributed by atoms with Crippen LogP contribution in [0.15, 0.2) is 30.3 Å². The lowest BCUT2D eigenvalue weighted by Crippen LogP contribution is -2.31. The molecule has 0 aromatic heterocycles. The number of alkyl halides is 1. The van der Waals surface area contributed by atoms with Gasteiger partial charge in [-0.15, -0.1) is 11.6 Å². The molecule has 1 amide bonds. The average molecular weight is 272 g/mol. The summed E-state index contributed by atoms with van der Waals surface area (Å²) in [5, 5.41) is 2.66. The molecule has 0 fully saturated rings. The molecule has 0 saturated heterocycles. The first-order chi connectivity index (χ1) is 8.72. The van der Waals surface area contributed by atoms with E-state index in [0.29, 0.717) is 25.3 Å². The molecule has 1 aromatic rings. The summed E-state index contributed by atoms with van der Waals surface area (Å²) in [5.41, 5.74) is 0. The van der Waals surface area contributed by atoms with E-state index in [4.69, 9.17) is 21.1 Å². The fraction of sp³-hybridized carbons (Fsp3) is 0.462. The number of hydrogen-bond donors (Lipinski definition) is 1. The maximum atomic E-state index is 11.4. The van der Waals surface area contributed by atoms with Crippen LogP contribution in [0.2, 0.25) is 0 Å². The Morgan fingerprint density at radius 1 is 1.39 bits per heavy atom. The van der Waals surface area contributed by atoms with E-state index in [1.807, 2.05) is 18.2 Å². The van der Waals surface area contributed by atoms with Crippen molar-refractivity contribution in [2.75, 3.05) is 26.9 Å². The second-order valence-electron chi connectivity index (χ2n) is 3.79. The summed E-state index contributed by atoms with van der Waals surface area (Å²) in [6, 6.07) is 9.22. The highest BCUT2D eigenvalue weighted by Gasteiger charge is 2.06. The maximum Gasteiger partial charge on any atom is 0.257 e. The van der Waals surface area contributed by atoms with Crippen LogP contribution in [0.5, 0.6) is 5.75 Å². The van der Waals surface area contributed by atoms with Crippen LogP contribution >= 0.6 is 11.6 Å². The Labute approximate surface area is 112 Å². The smallest absolute Gasteiger partial charge is 0.257 e. The first-order valence-electron chi connectivity index (χ1n) is 5.80. The number of amides is 1. The van der Waals surface area contributed by atoms with Crippen molar-refractivity contribution in [3.8, 4) is 5.75 Å². The highest BCUT2D eigenvalue weighted by molar-refractivity contribution is 6.20. The molecule has 0 aliphatic carbocycles. The maximum absolute atomic E-state index is 11.4. The molecule has 0 heterocycles. The summed E-state index contributed by atoms with van der Waals surface area (Å²) in [6.45, 7) is 1.02. The standard InChI is InChI=1S/C13H18ClNO3/c1-17-9-11(14)7-8-15-13(16)10-18-12-5-3-2-4-6-12/h2-6,11H,7-10H2,1H3,(H,15,16). The number of ether oxygens (including phenoxy) is 2. The van der Waals surface area contributed by atoms with E-state index in [-0.39, 0.29) is 17.9 Å². The zero-order valence-electron chi connectivity index (χ0n) is 10.4. The molecule has 0 bridgehead atoms. The van der Waals surface area contributed by atoms with Gasteiger partial charge in [0, 0.05) is 13.7 Å². The van der Waals surface area contributed by atoms with E-state index in [1.165, 1.54) is 0 Å². The second kappa shape index (κ2) is 8.78. The van der Waals surface area contributed by atoms with Crippen LogP contribution in [-0.4, -0.2) is 38.2 Å². The molecular formula is C13H18ClNO3. The van der Waals surface area contributed by atoms with Gasteiger partial charge in [0.1, 0.15) is 5.75 Å². The predicted octanol–water partition coefficient (Wildman–Crippen LogP) is 1.83. The molecule has 0 radical (unpaired) electrons. The second-order valence-corrected chi connectivity index (χ2v) is 4.41. The quantitative estimate of drug-likeness (QED) is 0.734. The van der Waals surface area contributed by atoms with Gasteiger partial charge >= 0.3 is 0 Å². The summed E-state index contributed by atoms with van der Waals surface area (Å²) < 4.78 is 10.2. The van der Waals surface area contributed by atoms with Crippen molar-refractivity contribution in [1.82, 2.24) is 5.32 Å². The zero-order valence-corrected chi connectivity index (χ0v) is 11.2. The summed E-state index contributed by atoms with van der Waals surface area (Å²) in [7, 11) is 1.60. The monoisotopic (exact) mass is 271 g/mol. The van der Waals surface area contributed by atoms with Crippen molar-refractivity contribution < 1.29 is 14.3 Å². The predicted molar refractivity (Wildman–Crippen MR) is 71.1 cm³/mol. The molecule has 100 valence electrons. The van der Waals surface area contributed by atoms with Gasteiger partial charge in [0.25, 0.3) is 5.91 Å². The molecule has 1 N–H and O–H groups in total. The van der Waals surface area contributed by atoms with Crippen LogP contribution in [0, 0.1) is 0 Å². The number of nitrogens with one attached hydrogen (secondary N) is 1. The van der Waals surface area contributed by atoms with Crippen molar-refractivity contribution in [3.05, 3.63) is 30.3 Å². The highest BCUT2D eigenvalue weighted by atomic mass is 35.5. The number of rotatable bonds is 8. The third-order valence-electron chi connectivity index (χ3n) is 2.24. The van der Waals surface area contributed by atoms with Crippen LogP contribution < -0.4 is 10.1 Å². The average Bonchev–Trinajstić information content (AvgIpc) is 2.38. The molecule has 0 aliphatic heterocycles. The molecule has 1 rings (SSSR count). The topological polar surface area (TPSA) is 47.6 Å². The Morgan fingerprint density at radius 2 is 2.11 bits per heavy atom. The van der Waals surface area contributed by atoms with Gasteiger partial charge in [0.2, 0.25) is 0 Å². The number of methoxy groups -OCH3 is 1. The van der Waals surface area contributed by atoms with E-state index in [0.717, 1.165) is 0 Å². The molecule has 4 nitrogen and oxygen atoms in total. The van der Waals surface area contributed by atoms with Crippen molar-refractivity contribution in [3.63, 3.8) is 0 Å². The van der Waals surface area contributed by atoms with Gasteiger partial charge in [0.15, 0.2) is 6.61 Å². The molecule has 0 saturated carbocycles. The molecule has 5 heteroatoms. The van der Waals surface area contributed by atoms with Gasteiger partial charge in [0.05, 0.1) is 12.0 Å². The number of benzene rings is 1. The SMILES string of the molecule is COCC(Cl)CCNC(=O)COc1ccccc1. The third-order valence-corrected chi connectivity index (χ3v) is 2.58. The molecule has 0 aliphatic rings. The van der Waals surface area contributed by atoms with E-state index < -0.39 is 0 Å². The Hall–Kier alpha value is -1.26. The lowest BCUT2D eigenvalue weighted by atomic mass is 10.3. The van der Waals surface area contributed by atoms with E-state index in [1.54, 1.807) is 19.2 Å². The lowest BCUT2D eigenvalue weighted by molar-refractivity contribution is -0.123. The van der Waals surface area contributed by atoms with E-state index in [9.17, 15) is 4.79 Å².